The van der Waals surface area contributed by atoms with Gasteiger partial charge in [0, 0.05) is 0 Å². The van der Waals surface area contributed by atoms with Gasteiger partial charge in [0.2, 0.25) is 0 Å². The minimum atomic E-state index is -0.726. The lowest BCUT2D eigenvalue weighted by atomic mass is 10.3. The van der Waals surface area contributed by atoms with Crippen LogP contribution in [0.3, 0.4) is 0 Å². The van der Waals surface area contributed by atoms with Crippen molar-refractivity contribution in [1.82, 2.24) is 15.0 Å². The van der Waals surface area contributed by atoms with E-state index in [1.165, 1.54) is 0 Å². The lowest BCUT2D eigenvalue weighted by Gasteiger charge is -2.05. The van der Waals surface area contributed by atoms with Crippen LogP contribution < -0.4 is 0 Å². The van der Waals surface area contributed by atoms with E-state index in [-0.39, 0.29) is 37.7 Å². The fourth-order valence-corrected chi connectivity index (χ4v) is 2.29. The van der Waals surface area contributed by atoms with Crippen molar-refractivity contribution in [3.05, 3.63) is 20.1 Å². The molecular weight excluding hydrogens is 324 g/mol. The summed E-state index contributed by atoms with van der Waals surface area (Å²) in [6, 6.07) is 0. The maximum Gasteiger partial charge on any atom is 0.436 e. The summed E-state index contributed by atoms with van der Waals surface area (Å²) in [6.07, 6.45) is -0.726. The third-order valence-corrected chi connectivity index (χ3v) is 3.89. The smallest absolute Gasteiger partial charge is 0.436 e. The van der Waals surface area contributed by atoms with Crippen LogP contribution in [-0.2, 0) is 4.74 Å². The molecule has 1 aromatic carbocycles. The van der Waals surface area contributed by atoms with Crippen molar-refractivity contribution in [2.75, 3.05) is 6.61 Å². The van der Waals surface area contributed by atoms with Gasteiger partial charge in [0.15, 0.2) is 0 Å². The number of rotatable bonds is 1. The maximum absolute atomic E-state index is 11.6. The van der Waals surface area contributed by atoms with E-state index in [9.17, 15) is 4.79 Å². The normalized spacial score (nSPS) is 10.9. The largest absolute Gasteiger partial charge is 0.448 e. The molecule has 0 bridgehead atoms. The standard InChI is InChI=1S/C9H5Cl4N3O2/c1-2-18-9(17)16-8-6(13)4(11)3(10)5(12)7(8)14-15-16/h2H2,1H3. The first-order valence-corrected chi connectivity index (χ1v) is 6.24. The Morgan fingerprint density at radius 2 is 1.78 bits per heavy atom. The first-order chi connectivity index (χ1) is 8.49. The second kappa shape index (κ2) is 5.09. The maximum atomic E-state index is 11.6. The first kappa shape index (κ1) is 13.7. The van der Waals surface area contributed by atoms with Gasteiger partial charge >= 0.3 is 6.09 Å². The fraction of sp³-hybridized carbons (Fsp3) is 0.222. The van der Waals surface area contributed by atoms with Gasteiger partial charge in [-0.05, 0) is 6.92 Å². The molecule has 0 aliphatic rings. The van der Waals surface area contributed by atoms with E-state index < -0.39 is 6.09 Å². The highest BCUT2D eigenvalue weighted by Gasteiger charge is 2.23. The van der Waals surface area contributed by atoms with Crippen molar-refractivity contribution in [1.29, 1.82) is 0 Å². The van der Waals surface area contributed by atoms with Gasteiger partial charge < -0.3 is 4.74 Å². The molecule has 0 aliphatic carbocycles. The molecule has 2 rings (SSSR count). The molecule has 0 unspecified atom stereocenters. The highest BCUT2D eigenvalue weighted by molar-refractivity contribution is 6.55. The Labute approximate surface area is 121 Å². The van der Waals surface area contributed by atoms with Crippen LogP contribution in [-0.4, -0.2) is 27.7 Å². The van der Waals surface area contributed by atoms with Gasteiger partial charge in [0.1, 0.15) is 11.0 Å². The summed E-state index contributed by atoms with van der Waals surface area (Å²) < 4.78 is 5.69. The summed E-state index contributed by atoms with van der Waals surface area (Å²) in [5.74, 6) is 0. The van der Waals surface area contributed by atoms with Crippen LogP contribution in [0.15, 0.2) is 0 Å². The molecule has 0 amide bonds. The number of carbonyl (C=O) groups excluding carboxylic acids is 1. The Hall–Kier alpha value is -0.750. The van der Waals surface area contributed by atoms with Gasteiger partial charge in [-0.25, -0.2) is 4.79 Å². The van der Waals surface area contributed by atoms with Crippen LogP contribution in [0, 0.1) is 0 Å². The predicted molar refractivity (Wildman–Crippen MR) is 70.0 cm³/mol. The van der Waals surface area contributed by atoms with E-state index >= 15 is 0 Å². The van der Waals surface area contributed by atoms with Crippen molar-refractivity contribution < 1.29 is 9.53 Å². The molecule has 0 spiro atoms. The van der Waals surface area contributed by atoms with Crippen molar-refractivity contribution in [2.24, 2.45) is 0 Å². The molecule has 5 nitrogen and oxygen atoms in total. The van der Waals surface area contributed by atoms with Crippen LogP contribution in [0.1, 0.15) is 6.92 Å². The zero-order valence-electron chi connectivity index (χ0n) is 8.88. The number of nitrogens with zero attached hydrogens (tertiary/aromatic N) is 3. The van der Waals surface area contributed by atoms with Gasteiger partial charge in [-0.3, -0.25) is 0 Å². The summed E-state index contributed by atoms with van der Waals surface area (Å²) in [7, 11) is 0. The van der Waals surface area contributed by atoms with Crippen molar-refractivity contribution in [3.63, 3.8) is 0 Å². The zero-order valence-corrected chi connectivity index (χ0v) is 11.9. The van der Waals surface area contributed by atoms with Gasteiger partial charge in [0.25, 0.3) is 0 Å². The van der Waals surface area contributed by atoms with Crippen LogP contribution >= 0.6 is 46.4 Å². The minimum absolute atomic E-state index is 0.0312. The molecule has 9 heteroatoms. The zero-order chi connectivity index (χ0) is 13.4. The number of carbonyl (C=O) groups is 1. The summed E-state index contributed by atoms with van der Waals surface area (Å²) in [5, 5.41) is 7.57. The van der Waals surface area contributed by atoms with Gasteiger partial charge in [-0.15, -0.1) is 9.78 Å². The van der Waals surface area contributed by atoms with Crippen molar-refractivity contribution >= 4 is 63.5 Å². The number of ether oxygens (including phenoxy) is 1. The van der Waals surface area contributed by atoms with Gasteiger partial charge in [-0.1, -0.05) is 51.6 Å². The number of benzene rings is 1. The third-order valence-electron chi connectivity index (χ3n) is 2.10. The lowest BCUT2D eigenvalue weighted by molar-refractivity contribution is 0.151. The third kappa shape index (κ3) is 2.01. The molecule has 2 aromatic rings. The average Bonchev–Trinajstić information content (AvgIpc) is 2.79. The number of hydrogen-bond donors (Lipinski definition) is 0. The average molecular weight is 329 g/mol. The summed E-state index contributed by atoms with van der Waals surface area (Å²) in [5.41, 5.74) is 0.346. The predicted octanol–water partition coefficient (Wildman–Crippen LogP) is 4.05. The molecule has 0 N–H and O–H groups in total. The summed E-state index contributed by atoms with van der Waals surface area (Å²) >= 11 is 23.7. The minimum Gasteiger partial charge on any atom is -0.448 e. The van der Waals surface area contributed by atoms with Gasteiger partial charge in [-0.2, -0.15) is 0 Å². The highest BCUT2D eigenvalue weighted by atomic mass is 35.5. The summed E-state index contributed by atoms with van der Waals surface area (Å²) in [4.78, 5) is 11.6. The Balaban J connectivity index is 2.77. The Morgan fingerprint density at radius 1 is 1.17 bits per heavy atom. The van der Waals surface area contributed by atoms with Crippen LogP contribution in [0.25, 0.3) is 11.0 Å². The van der Waals surface area contributed by atoms with E-state index in [1.807, 2.05) is 0 Å². The van der Waals surface area contributed by atoms with E-state index in [0.29, 0.717) is 0 Å². The summed E-state index contributed by atoms with van der Waals surface area (Å²) in [6.45, 7) is 1.85. The monoisotopic (exact) mass is 327 g/mol. The van der Waals surface area contributed by atoms with Crippen molar-refractivity contribution in [3.8, 4) is 0 Å². The van der Waals surface area contributed by atoms with Crippen LogP contribution in [0.5, 0.6) is 0 Å². The molecule has 0 saturated heterocycles. The SMILES string of the molecule is CCOC(=O)n1nnc2c(Cl)c(Cl)c(Cl)c(Cl)c21. The molecule has 0 radical (unpaired) electrons. The molecule has 96 valence electrons. The number of hydrogen-bond acceptors (Lipinski definition) is 4. The fourth-order valence-electron chi connectivity index (χ4n) is 1.34. The van der Waals surface area contributed by atoms with E-state index in [0.717, 1.165) is 4.68 Å². The van der Waals surface area contributed by atoms with Crippen LogP contribution in [0.2, 0.25) is 20.1 Å². The second-order valence-corrected chi connectivity index (χ2v) is 4.67. The Morgan fingerprint density at radius 3 is 2.39 bits per heavy atom. The van der Waals surface area contributed by atoms with Crippen LogP contribution in [0.4, 0.5) is 4.79 Å². The lowest BCUT2D eigenvalue weighted by Crippen LogP contribution is -2.15. The second-order valence-electron chi connectivity index (χ2n) is 3.15. The molecule has 18 heavy (non-hydrogen) atoms. The molecule has 0 fully saturated rings. The van der Waals surface area contributed by atoms with E-state index in [1.54, 1.807) is 6.92 Å². The number of fused-ring (bicyclic) bond motifs is 1. The molecule has 1 aromatic heterocycles. The number of halogens is 4. The number of aromatic nitrogens is 3. The van der Waals surface area contributed by atoms with Gasteiger partial charge in [0.05, 0.1) is 26.7 Å². The Bertz CT molecular complexity index is 641. The highest BCUT2D eigenvalue weighted by Crippen LogP contribution is 2.41. The molecular formula is C9H5Cl4N3O2. The topological polar surface area (TPSA) is 57.0 Å². The first-order valence-electron chi connectivity index (χ1n) is 4.73. The molecule has 1 heterocycles. The molecule has 0 aliphatic heterocycles. The van der Waals surface area contributed by atoms with E-state index in [2.05, 4.69) is 10.3 Å². The van der Waals surface area contributed by atoms with Crippen molar-refractivity contribution in [2.45, 2.75) is 6.92 Å². The quantitative estimate of drug-likeness (QED) is 0.585. The van der Waals surface area contributed by atoms with E-state index in [4.69, 9.17) is 51.1 Å². The molecule has 0 saturated carbocycles. The molecule has 0 atom stereocenters. The Kier molecular flexibility index (Phi) is 3.87.